The van der Waals surface area contributed by atoms with E-state index in [9.17, 15) is 0 Å². The predicted octanol–water partition coefficient (Wildman–Crippen LogP) is 3.84. The Balaban J connectivity index is 2.06. The highest BCUT2D eigenvalue weighted by Gasteiger charge is 2.08. The lowest BCUT2D eigenvalue weighted by Crippen LogP contribution is -1.82. The number of aromatic nitrogens is 2. The molecule has 3 aromatic rings. The van der Waals surface area contributed by atoms with Crippen molar-refractivity contribution >= 4 is 11.1 Å². The molecular formula is C15H14N2O. The van der Waals surface area contributed by atoms with Gasteiger partial charge in [-0.15, -0.1) is 0 Å². The Bertz CT molecular complexity index is 659. The summed E-state index contributed by atoms with van der Waals surface area (Å²) in [6.07, 6.45) is 5.70. The van der Waals surface area contributed by atoms with Gasteiger partial charge in [-0.25, -0.2) is 4.98 Å². The number of nitrogens with zero attached hydrogens (tertiary/aromatic N) is 2. The Morgan fingerprint density at radius 1 is 1.11 bits per heavy atom. The minimum atomic E-state index is 0.654. The van der Waals surface area contributed by atoms with Gasteiger partial charge < -0.3 is 4.42 Å². The zero-order valence-electron chi connectivity index (χ0n) is 10.3. The van der Waals surface area contributed by atoms with Crippen molar-refractivity contribution in [2.75, 3.05) is 0 Å². The standard InChI is InChI=1S/C15H14N2O/c1-2-3-11-4-5-14-13(10-11)17-15(18-14)12-6-8-16-9-7-12/h4-10H,2-3H2,1H3. The summed E-state index contributed by atoms with van der Waals surface area (Å²) in [4.78, 5) is 8.53. The van der Waals surface area contributed by atoms with Crippen molar-refractivity contribution < 1.29 is 4.42 Å². The molecule has 0 saturated heterocycles. The van der Waals surface area contributed by atoms with Crippen LogP contribution in [-0.2, 0) is 6.42 Å². The molecule has 0 aliphatic heterocycles. The van der Waals surface area contributed by atoms with E-state index >= 15 is 0 Å². The minimum Gasteiger partial charge on any atom is -0.436 e. The van der Waals surface area contributed by atoms with Gasteiger partial charge in [0.2, 0.25) is 5.89 Å². The summed E-state index contributed by atoms with van der Waals surface area (Å²) in [5.41, 5.74) is 4.02. The van der Waals surface area contributed by atoms with E-state index in [4.69, 9.17) is 4.42 Å². The quantitative estimate of drug-likeness (QED) is 0.695. The van der Waals surface area contributed by atoms with E-state index in [0.717, 1.165) is 29.5 Å². The number of pyridine rings is 1. The van der Waals surface area contributed by atoms with E-state index in [2.05, 4.69) is 29.0 Å². The van der Waals surface area contributed by atoms with Crippen LogP contribution >= 0.6 is 0 Å². The molecule has 0 bridgehead atoms. The molecule has 0 amide bonds. The molecule has 0 saturated carbocycles. The van der Waals surface area contributed by atoms with Crippen LogP contribution in [0.1, 0.15) is 18.9 Å². The predicted molar refractivity (Wildman–Crippen MR) is 71.2 cm³/mol. The number of benzene rings is 1. The number of rotatable bonds is 3. The second kappa shape index (κ2) is 4.61. The maximum absolute atomic E-state index is 5.75. The molecule has 90 valence electrons. The molecule has 0 radical (unpaired) electrons. The highest BCUT2D eigenvalue weighted by Crippen LogP contribution is 2.24. The van der Waals surface area contributed by atoms with Crippen LogP contribution in [0.15, 0.2) is 47.1 Å². The number of fused-ring (bicyclic) bond motifs is 1. The molecule has 3 rings (SSSR count). The molecular weight excluding hydrogens is 224 g/mol. The highest BCUT2D eigenvalue weighted by atomic mass is 16.3. The molecule has 18 heavy (non-hydrogen) atoms. The third kappa shape index (κ3) is 1.99. The molecule has 2 aromatic heterocycles. The Kier molecular flexibility index (Phi) is 2.81. The van der Waals surface area contributed by atoms with E-state index in [1.807, 2.05) is 18.2 Å². The van der Waals surface area contributed by atoms with Gasteiger partial charge in [-0.1, -0.05) is 19.4 Å². The summed E-state index contributed by atoms with van der Waals surface area (Å²) in [7, 11) is 0. The summed E-state index contributed by atoms with van der Waals surface area (Å²) in [5, 5.41) is 0. The molecule has 1 aromatic carbocycles. The van der Waals surface area contributed by atoms with Gasteiger partial charge in [0.15, 0.2) is 5.58 Å². The van der Waals surface area contributed by atoms with Crippen molar-refractivity contribution in [1.29, 1.82) is 0 Å². The van der Waals surface area contributed by atoms with E-state index < -0.39 is 0 Å². The summed E-state index contributed by atoms with van der Waals surface area (Å²) in [5.74, 6) is 0.654. The van der Waals surface area contributed by atoms with Crippen molar-refractivity contribution in [3.63, 3.8) is 0 Å². The zero-order chi connectivity index (χ0) is 12.4. The normalized spacial score (nSPS) is 10.9. The van der Waals surface area contributed by atoms with E-state index in [1.54, 1.807) is 12.4 Å². The molecule has 0 N–H and O–H groups in total. The summed E-state index contributed by atoms with van der Waals surface area (Å²) in [6.45, 7) is 2.18. The molecule has 3 nitrogen and oxygen atoms in total. The number of aryl methyl sites for hydroxylation is 1. The maximum atomic E-state index is 5.75. The van der Waals surface area contributed by atoms with Crippen molar-refractivity contribution in [2.24, 2.45) is 0 Å². The van der Waals surface area contributed by atoms with Crippen LogP contribution in [0.3, 0.4) is 0 Å². The first-order valence-electron chi connectivity index (χ1n) is 6.16. The van der Waals surface area contributed by atoms with Gasteiger partial charge in [-0.05, 0) is 36.2 Å². The van der Waals surface area contributed by atoms with E-state index in [-0.39, 0.29) is 0 Å². The van der Waals surface area contributed by atoms with Gasteiger partial charge in [0.1, 0.15) is 5.52 Å². The third-order valence-corrected chi connectivity index (χ3v) is 2.92. The van der Waals surface area contributed by atoms with Crippen LogP contribution in [0.4, 0.5) is 0 Å². The Morgan fingerprint density at radius 3 is 2.72 bits per heavy atom. The van der Waals surface area contributed by atoms with Crippen molar-refractivity contribution in [3.8, 4) is 11.5 Å². The summed E-state index contributed by atoms with van der Waals surface area (Å²) in [6, 6.07) is 10.0. The van der Waals surface area contributed by atoms with Gasteiger partial charge in [0.25, 0.3) is 0 Å². The van der Waals surface area contributed by atoms with Crippen molar-refractivity contribution in [2.45, 2.75) is 19.8 Å². The maximum Gasteiger partial charge on any atom is 0.227 e. The Labute approximate surface area is 105 Å². The second-order valence-corrected chi connectivity index (χ2v) is 4.31. The number of hydrogen-bond donors (Lipinski definition) is 0. The largest absolute Gasteiger partial charge is 0.436 e. The van der Waals surface area contributed by atoms with Crippen molar-refractivity contribution in [1.82, 2.24) is 9.97 Å². The van der Waals surface area contributed by atoms with Gasteiger partial charge in [0, 0.05) is 18.0 Å². The first-order valence-corrected chi connectivity index (χ1v) is 6.16. The monoisotopic (exact) mass is 238 g/mol. The van der Waals surface area contributed by atoms with Gasteiger partial charge >= 0.3 is 0 Å². The molecule has 3 heteroatoms. The molecule has 0 aliphatic carbocycles. The molecule has 0 atom stereocenters. The van der Waals surface area contributed by atoms with Gasteiger partial charge in [-0.2, -0.15) is 0 Å². The van der Waals surface area contributed by atoms with Crippen LogP contribution in [0.25, 0.3) is 22.6 Å². The fourth-order valence-electron chi connectivity index (χ4n) is 2.04. The molecule has 0 aliphatic rings. The Hall–Kier alpha value is -2.16. The van der Waals surface area contributed by atoms with E-state index in [0.29, 0.717) is 5.89 Å². The first kappa shape index (κ1) is 11.0. The van der Waals surface area contributed by atoms with E-state index in [1.165, 1.54) is 5.56 Å². The first-order chi connectivity index (χ1) is 8.86. The SMILES string of the molecule is CCCc1ccc2oc(-c3ccncc3)nc2c1. The van der Waals surface area contributed by atoms with Gasteiger partial charge in [-0.3, -0.25) is 4.98 Å². The number of oxazole rings is 1. The second-order valence-electron chi connectivity index (χ2n) is 4.31. The van der Waals surface area contributed by atoms with Crippen LogP contribution in [-0.4, -0.2) is 9.97 Å². The molecule has 0 unspecified atom stereocenters. The van der Waals surface area contributed by atoms with Crippen LogP contribution in [0, 0.1) is 0 Å². The van der Waals surface area contributed by atoms with Crippen LogP contribution in [0.2, 0.25) is 0 Å². The average Bonchev–Trinajstić information content (AvgIpc) is 2.83. The topological polar surface area (TPSA) is 38.9 Å². The van der Waals surface area contributed by atoms with Crippen molar-refractivity contribution in [3.05, 3.63) is 48.3 Å². The Morgan fingerprint density at radius 2 is 1.94 bits per heavy atom. The summed E-state index contributed by atoms with van der Waals surface area (Å²) < 4.78 is 5.75. The minimum absolute atomic E-state index is 0.654. The summed E-state index contributed by atoms with van der Waals surface area (Å²) >= 11 is 0. The lowest BCUT2D eigenvalue weighted by molar-refractivity contribution is 0.619. The lowest BCUT2D eigenvalue weighted by atomic mass is 10.1. The third-order valence-electron chi connectivity index (χ3n) is 2.92. The molecule has 2 heterocycles. The highest BCUT2D eigenvalue weighted by molar-refractivity contribution is 5.76. The fraction of sp³-hybridized carbons (Fsp3) is 0.200. The van der Waals surface area contributed by atoms with Gasteiger partial charge in [0.05, 0.1) is 0 Å². The van der Waals surface area contributed by atoms with Crippen LogP contribution < -0.4 is 0 Å². The number of hydrogen-bond acceptors (Lipinski definition) is 3. The smallest absolute Gasteiger partial charge is 0.227 e. The molecule has 0 fully saturated rings. The fourth-order valence-corrected chi connectivity index (χ4v) is 2.04. The molecule has 0 spiro atoms. The zero-order valence-corrected chi connectivity index (χ0v) is 10.3. The lowest BCUT2D eigenvalue weighted by Gasteiger charge is -1.95. The van der Waals surface area contributed by atoms with Crippen LogP contribution in [0.5, 0.6) is 0 Å². The average molecular weight is 238 g/mol.